The maximum atomic E-state index is 11.9. The van der Waals surface area contributed by atoms with Gasteiger partial charge in [-0.25, -0.2) is 4.79 Å². The summed E-state index contributed by atoms with van der Waals surface area (Å²) < 4.78 is 10.9. The van der Waals surface area contributed by atoms with Crippen LogP contribution in [0.2, 0.25) is 0 Å². The van der Waals surface area contributed by atoms with Crippen LogP contribution in [-0.4, -0.2) is 16.2 Å². The van der Waals surface area contributed by atoms with Gasteiger partial charge in [-0.3, -0.25) is 0 Å². The van der Waals surface area contributed by atoms with Gasteiger partial charge in [0.25, 0.3) is 5.89 Å². The number of nitrogens with zero attached hydrogens (tertiary/aromatic N) is 2. The number of ether oxygens (including phenoxy) is 1. The molecule has 0 N–H and O–H groups in total. The zero-order chi connectivity index (χ0) is 14.7. The van der Waals surface area contributed by atoms with E-state index in [1.54, 1.807) is 18.4 Å². The van der Waals surface area contributed by atoms with Gasteiger partial charge >= 0.3 is 5.97 Å². The Balaban J connectivity index is 1.73. The molecule has 0 aliphatic carbocycles. The van der Waals surface area contributed by atoms with Gasteiger partial charge in [-0.15, -0.1) is 10.2 Å². The summed E-state index contributed by atoms with van der Waals surface area (Å²) in [6.45, 7) is 1.70. The highest BCUT2D eigenvalue weighted by Crippen LogP contribution is 2.23. The Morgan fingerprint density at radius 3 is 2.76 bits per heavy atom. The number of benzene rings is 1. The van der Waals surface area contributed by atoms with Crippen molar-refractivity contribution in [3.05, 3.63) is 58.6 Å². The molecule has 0 unspecified atom stereocenters. The van der Waals surface area contributed by atoms with Crippen molar-refractivity contribution >= 4 is 17.3 Å². The number of carbonyl (C=O) groups excluding carboxylic acids is 1. The van der Waals surface area contributed by atoms with Crippen molar-refractivity contribution in [2.45, 2.75) is 13.0 Å². The van der Waals surface area contributed by atoms with E-state index in [4.69, 9.17) is 9.15 Å². The average Bonchev–Trinajstić information content (AvgIpc) is 3.20. The smallest absolute Gasteiger partial charge is 0.339 e. The summed E-state index contributed by atoms with van der Waals surface area (Å²) in [4.78, 5) is 11.9. The van der Waals surface area contributed by atoms with Crippen LogP contribution in [0.25, 0.3) is 11.5 Å². The molecule has 3 aromatic rings. The first kappa shape index (κ1) is 13.5. The SMILES string of the molecule is C[C@H](OC(=O)c1ccsc1)c1nnc(-c2ccccc2)o1. The Morgan fingerprint density at radius 2 is 2.05 bits per heavy atom. The number of hydrogen-bond acceptors (Lipinski definition) is 6. The topological polar surface area (TPSA) is 65.2 Å². The first-order valence-electron chi connectivity index (χ1n) is 6.36. The number of esters is 1. The van der Waals surface area contributed by atoms with E-state index in [0.717, 1.165) is 5.56 Å². The molecular weight excluding hydrogens is 288 g/mol. The summed E-state index contributed by atoms with van der Waals surface area (Å²) in [7, 11) is 0. The van der Waals surface area contributed by atoms with Crippen molar-refractivity contribution in [3.8, 4) is 11.5 Å². The maximum absolute atomic E-state index is 11.9. The molecule has 1 aromatic carbocycles. The van der Waals surface area contributed by atoms with E-state index in [-0.39, 0.29) is 5.89 Å². The van der Waals surface area contributed by atoms with E-state index >= 15 is 0 Å². The number of rotatable bonds is 4. The van der Waals surface area contributed by atoms with Gasteiger partial charge in [0.05, 0.1) is 5.56 Å². The summed E-state index contributed by atoms with van der Waals surface area (Å²) in [5, 5.41) is 11.5. The zero-order valence-electron chi connectivity index (χ0n) is 11.2. The molecule has 0 saturated heterocycles. The Morgan fingerprint density at radius 1 is 1.24 bits per heavy atom. The summed E-state index contributed by atoms with van der Waals surface area (Å²) in [6, 6.07) is 11.1. The van der Waals surface area contributed by atoms with Gasteiger partial charge in [0, 0.05) is 10.9 Å². The highest BCUT2D eigenvalue weighted by molar-refractivity contribution is 7.08. The third-order valence-corrected chi connectivity index (χ3v) is 3.53. The van der Waals surface area contributed by atoms with Crippen molar-refractivity contribution in [2.24, 2.45) is 0 Å². The molecule has 0 aliphatic rings. The van der Waals surface area contributed by atoms with Crippen LogP contribution in [-0.2, 0) is 4.74 Å². The van der Waals surface area contributed by atoms with E-state index in [2.05, 4.69) is 10.2 Å². The molecule has 1 atom stereocenters. The van der Waals surface area contributed by atoms with E-state index in [1.807, 2.05) is 35.7 Å². The molecule has 21 heavy (non-hydrogen) atoms. The fourth-order valence-electron chi connectivity index (χ4n) is 1.76. The lowest BCUT2D eigenvalue weighted by Gasteiger charge is -2.07. The van der Waals surface area contributed by atoms with E-state index in [9.17, 15) is 4.79 Å². The molecule has 6 heteroatoms. The van der Waals surface area contributed by atoms with Crippen LogP contribution in [0.5, 0.6) is 0 Å². The first-order valence-corrected chi connectivity index (χ1v) is 7.30. The first-order chi connectivity index (χ1) is 10.2. The molecule has 0 saturated carbocycles. The molecule has 2 heterocycles. The minimum atomic E-state index is -0.595. The predicted octanol–water partition coefficient (Wildman–Crippen LogP) is 3.72. The number of carbonyl (C=O) groups is 1. The van der Waals surface area contributed by atoms with Gasteiger partial charge in [-0.05, 0) is 30.5 Å². The van der Waals surface area contributed by atoms with Crippen molar-refractivity contribution in [3.63, 3.8) is 0 Å². The normalized spacial score (nSPS) is 12.0. The largest absolute Gasteiger partial charge is 0.449 e. The van der Waals surface area contributed by atoms with Crippen LogP contribution < -0.4 is 0 Å². The second-order valence-corrected chi connectivity index (χ2v) is 5.15. The molecule has 0 bridgehead atoms. The Kier molecular flexibility index (Phi) is 3.79. The quantitative estimate of drug-likeness (QED) is 0.687. The summed E-state index contributed by atoms with van der Waals surface area (Å²) in [5.41, 5.74) is 1.35. The van der Waals surface area contributed by atoms with Crippen molar-refractivity contribution in [1.82, 2.24) is 10.2 Å². The Hall–Kier alpha value is -2.47. The number of thiophene rings is 1. The van der Waals surface area contributed by atoms with E-state index in [1.165, 1.54) is 11.3 Å². The van der Waals surface area contributed by atoms with Gasteiger partial charge in [0.15, 0.2) is 6.10 Å². The zero-order valence-corrected chi connectivity index (χ0v) is 12.0. The van der Waals surface area contributed by atoms with Crippen molar-refractivity contribution in [2.75, 3.05) is 0 Å². The molecule has 0 amide bonds. The predicted molar refractivity (Wildman–Crippen MR) is 77.9 cm³/mol. The van der Waals surface area contributed by atoms with Crippen molar-refractivity contribution in [1.29, 1.82) is 0 Å². The fraction of sp³-hybridized carbons (Fsp3) is 0.133. The lowest BCUT2D eigenvalue weighted by molar-refractivity contribution is 0.0280. The van der Waals surface area contributed by atoms with Gasteiger partial charge in [0.1, 0.15) is 0 Å². The molecule has 2 aromatic heterocycles. The summed E-state index contributed by atoms with van der Waals surface area (Å²) >= 11 is 1.44. The van der Waals surface area contributed by atoms with Gasteiger partial charge in [0.2, 0.25) is 5.89 Å². The summed E-state index contributed by atoms with van der Waals surface area (Å²) in [6.07, 6.45) is -0.595. The van der Waals surface area contributed by atoms with E-state index in [0.29, 0.717) is 11.5 Å². The molecule has 0 radical (unpaired) electrons. The molecule has 0 spiro atoms. The van der Waals surface area contributed by atoms with Crippen LogP contribution in [0, 0.1) is 0 Å². The van der Waals surface area contributed by atoms with E-state index < -0.39 is 12.1 Å². The minimum absolute atomic E-state index is 0.275. The molecule has 106 valence electrons. The molecule has 3 rings (SSSR count). The maximum Gasteiger partial charge on any atom is 0.339 e. The van der Waals surface area contributed by atoms with Gasteiger partial charge < -0.3 is 9.15 Å². The van der Waals surface area contributed by atoms with Gasteiger partial charge in [-0.1, -0.05) is 18.2 Å². The minimum Gasteiger partial charge on any atom is -0.449 e. The number of hydrogen-bond donors (Lipinski definition) is 0. The molecule has 5 nitrogen and oxygen atoms in total. The third kappa shape index (κ3) is 3.00. The molecular formula is C15H12N2O3S. The van der Waals surface area contributed by atoms with Crippen LogP contribution >= 0.6 is 11.3 Å². The highest BCUT2D eigenvalue weighted by Gasteiger charge is 2.20. The van der Waals surface area contributed by atoms with Gasteiger partial charge in [-0.2, -0.15) is 11.3 Å². The van der Waals surface area contributed by atoms with Crippen LogP contribution in [0.15, 0.2) is 51.6 Å². The molecule has 0 fully saturated rings. The van der Waals surface area contributed by atoms with Crippen LogP contribution in [0.4, 0.5) is 0 Å². The lowest BCUT2D eigenvalue weighted by atomic mass is 10.2. The summed E-state index contributed by atoms with van der Waals surface area (Å²) in [5.74, 6) is 0.282. The second-order valence-electron chi connectivity index (χ2n) is 4.37. The Labute approximate surface area is 125 Å². The molecule has 0 aliphatic heterocycles. The van der Waals surface area contributed by atoms with Crippen LogP contribution in [0.3, 0.4) is 0 Å². The van der Waals surface area contributed by atoms with Crippen molar-refractivity contribution < 1.29 is 13.9 Å². The second kappa shape index (κ2) is 5.88. The average molecular weight is 300 g/mol. The standard InChI is InChI=1S/C15H12N2O3S/c1-10(19-15(18)12-7-8-21-9-12)13-16-17-14(20-13)11-5-3-2-4-6-11/h2-10H,1H3/t10-/m0/s1. The fourth-order valence-corrected chi connectivity index (χ4v) is 2.38. The Bertz CT molecular complexity index is 722. The van der Waals surface area contributed by atoms with Crippen LogP contribution in [0.1, 0.15) is 29.3 Å². The monoisotopic (exact) mass is 300 g/mol. The lowest BCUT2D eigenvalue weighted by Crippen LogP contribution is -2.08. The third-order valence-electron chi connectivity index (χ3n) is 2.85. The highest BCUT2D eigenvalue weighted by atomic mass is 32.1. The number of aromatic nitrogens is 2.